The zero-order chi connectivity index (χ0) is 24.1. The van der Waals surface area contributed by atoms with Gasteiger partial charge in [0.2, 0.25) is 10.0 Å². The van der Waals surface area contributed by atoms with Crippen molar-refractivity contribution in [2.75, 3.05) is 32.9 Å². The summed E-state index contributed by atoms with van der Waals surface area (Å²) in [7, 11) is -3.61. The summed E-state index contributed by atoms with van der Waals surface area (Å²) in [5.74, 6) is -1.44. The van der Waals surface area contributed by atoms with E-state index in [1.807, 2.05) is 0 Å². The summed E-state index contributed by atoms with van der Waals surface area (Å²) in [6.45, 7) is 0.590. The lowest BCUT2D eigenvalue weighted by molar-refractivity contribution is -0.142. The molecule has 178 valence electrons. The van der Waals surface area contributed by atoms with Crippen LogP contribution in [0.25, 0.3) is 0 Å². The minimum Gasteiger partial charge on any atom is -0.457 e. The highest BCUT2D eigenvalue weighted by Gasteiger charge is 2.31. The number of rotatable bonds is 8. The van der Waals surface area contributed by atoms with Gasteiger partial charge in [0.05, 0.1) is 23.7 Å². The smallest absolute Gasteiger partial charge is 0.416 e. The molecule has 0 aromatic heterocycles. The minimum absolute atomic E-state index is 0.0779. The Kier molecular flexibility index (Phi) is 7.88. The average Bonchev–Trinajstić information content (AvgIpc) is 2.81. The summed E-state index contributed by atoms with van der Waals surface area (Å²) < 4.78 is 74.9. The number of hydrogen-bond acceptors (Lipinski definition) is 6. The number of carbonyl (C=O) groups is 2. The molecule has 0 amide bonds. The SMILES string of the molecule is O=C(CCc1ccc(S(=O)(=O)N2CCOCC2)cc1)OCC(=O)c1cccc(C(F)(F)F)c1. The van der Waals surface area contributed by atoms with Crippen molar-refractivity contribution in [2.45, 2.75) is 23.9 Å². The topological polar surface area (TPSA) is 90.0 Å². The van der Waals surface area contributed by atoms with Crippen molar-refractivity contribution in [2.24, 2.45) is 0 Å². The van der Waals surface area contributed by atoms with Crippen LogP contribution in [-0.2, 0) is 36.9 Å². The Balaban J connectivity index is 1.49. The average molecular weight is 485 g/mol. The van der Waals surface area contributed by atoms with Gasteiger partial charge in [0, 0.05) is 25.1 Å². The molecule has 33 heavy (non-hydrogen) atoms. The summed E-state index contributed by atoms with van der Waals surface area (Å²) >= 11 is 0. The zero-order valence-corrected chi connectivity index (χ0v) is 18.3. The number of ether oxygens (including phenoxy) is 2. The Hall–Kier alpha value is -2.76. The summed E-state index contributed by atoms with van der Waals surface area (Å²) in [5.41, 5.74) is -0.467. The first-order valence-corrected chi connectivity index (χ1v) is 11.5. The maximum Gasteiger partial charge on any atom is 0.416 e. The fourth-order valence-electron chi connectivity index (χ4n) is 3.18. The number of Topliss-reactive ketones (excluding diaryl/α,β-unsaturated/α-hetero) is 1. The van der Waals surface area contributed by atoms with Gasteiger partial charge >= 0.3 is 12.1 Å². The fraction of sp³-hybridized carbons (Fsp3) is 0.364. The number of aryl methyl sites for hydroxylation is 1. The Morgan fingerprint density at radius 3 is 2.33 bits per heavy atom. The molecule has 1 fully saturated rings. The van der Waals surface area contributed by atoms with Gasteiger partial charge in [-0.15, -0.1) is 0 Å². The normalized spacial score (nSPS) is 15.2. The first kappa shape index (κ1) is 24.9. The summed E-state index contributed by atoms with van der Waals surface area (Å²) in [6.07, 6.45) is -4.41. The second kappa shape index (κ2) is 10.4. The van der Waals surface area contributed by atoms with E-state index in [0.717, 1.165) is 12.1 Å². The van der Waals surface area contributed by atoms with Crippen LogP contribution in [0, 0.1) is 0 Å². The van der Waals surface area contributed by atoms with E-state index in [-0.39, 0.29) is 36.4 Å². The van der Waals surface area contributed by atoms with Gasteiger partial charge in [-0.1, -0.05) is 24.3 Å². The van der Waals surface area contributed by atoms with E-state index in [1.54, 1.807) is 12.1 Å². The van der Waals surface area contributed by atoms with Crippen LogP contribution < -0.4 is 0 Å². The third-order valence-corrected chi connectivity index (χ3v) is 6.94. The largest absolute Gasteiger partial charge is 0.457 e. The predicted molar refractivity (Wildman–Crippen MR) is 111 cm³/mol. The van der Waals surface area contributed by atoms with Crippen molar-refractivity contribution in [3.63, 3.8) is 0 Å². The quantitative estimate of drug-likeness (QED) is 0.422. The number of sulfonamides is 1. The lowest BCUT2D eigenvalue weighted by atomic mass is 10.1. The van der Waals surface area contributed by atoms with Gasteiger partial charge in [0.1, 0.15) is 0 Å². The molecule has 2 aromatic rings. The molecule has 0 N–H and O–H groups in total. The minimum atomic E-state index is -4.58. The van der Waals surface area contributed by atoms with Crippen LogP contribution in [0.1, 0.15) is 27.9 Å². The molecule has 0 spiro atoms. The van der Waals surface area contributed by atoms with Gasteiger partial charge in [-0.25, -0.2) is 8.42 Å². The highest BCUT2D eigenvalue weighted by molar-refractivity contribution is 7.89. The molecule has 1 saturated heterocycles. The van der Waals surface area contributed by atoms with E-state index in [9.17, 15) is 31.2 Å². The molecule has 0 atom stereocenters. The molecule has 7 nitrogen and oxygen atoms in total. The van der Waals surface area contributed by atoms with Crippen molar-refractivity contribution in [1.82, 2.24) is 4.31 Å². The maximum absolute atomic E-state index is 12.8. The van der Waals surface area contributed by atoms with Gasteiger partial charge in [-0.3, -0.25) is 9.59 Å². The highest BCUT2D eigenvalue weighted by atomic mass is 32.2. The van der Waals surface area contributed by atoms with Crippen LogP contribution >= 0.6 is 0 Å². The monoisotopic (exact) mass is 485 g/mol. The second-order valence-electron chi connectivity index (χ2n) is 7.32. The fourth-order valence-corrected chi connectivity index (χ4v) is 4.59. The third-order valence-electron chi connectivity index (χ3n) is 5.03. The van der Waals surface area contributed by atoms with Gasteiger partial charge in [-0.2, -0.15) is 17.5 Å². The van der Waals surface area contributed by atoms with Crippen molar-refractivity contribution in [3.8, 4) is 0 Å². The van der Waals surface area contributed by atoms with Crippen LogP contribution in [0.4, 0.5) is 13.2 Å². The zero-order valence-electron chi connectivity index (χ0n) is 17.5. The summed E-state index contributed by atoms with van der Waals surface area (Å²) in [6, 6.07) is 10.00. The van der Waals surface area contributed by atoms with Crippen LogP contribution in [-0.4, -0.2) is 57.4 Å². The van der Waals surface area contributed by atoms with E-state index in [1.165, 1.54) is 22.5 Å². The predicted octanol–water partition coefficient (Wildman–Crippen LogP) is 3.09. The number of benzene rings is 2. The van der Waals surface area contributed by atoms with Crippen LogP contribution in [0.2, 0.25) is 0 Å². The number of esters is 1. The Bertz CT molecular complexity index is 1090. The highest BCUT2D eigenvalue weighted by Crippen LogP contribution is 2.29. The van der Waals surface area contributed by atoms with E-state index < -0.39 is 40.1 Å². The molecule has 0 unspecified atom stereocenters. The van der Waals surface area contributed by atoms with Gasteiger partial charge in [-0.05, 0) is 36.2 Å². The molecule has 0 saturated carbocycles. The molecule has 0 bridgehead atoms. The number of hydrogen-bond donors (Lipinski definition) is 0. The molecule has 1 aliphatic rings. The first-order valence-electron chi connectivity index (χ1n) is 10.1. The Morgan fingerprint density at radius 2 is 1.70 bits per heavy atom. The van der Waals surface area contributed by atoms with Gasteiger partial charge < -0.3 is 9.47 Å². The Morgan fingerprint density at radius 1 is 1.03 bits per heavy atom. The molecular weight excluding hydrogens is 463 g/mol. The second-order valence-corrected chi connectivity index (χ2v) is 9.26. The molecule has 2 aromatic carbocycles. The van der Waals surface area contributed by atoms with E-state index >= 15 is 0 Å². The lowest BCUT2D eigenvalue weighted by Crippen LogP contribution is -2.40. The lowest BCUT2D eigenvalue weighted by Gasteiger charge is -2.26. The number of halogens is 3. The van der Waals surface area contributed by atoms with Crippen molar-refractivity contribution in [1.29, 1.82) is 0 Å². The Labute approximate surface area is 189 Å². The van der Waals surface area contributed by atoms with Gasteiger partial charge in [0.25, 0.3) is 0 Å². The summed E-state index contributed by atoms with van der Waals surface area (Å²) in [5, 5.41) is 0. The molecule has 0 radical (unpaired) electrons. The number of carbonyl (C=O) groups excluding carboxylic acids is 2. The molecule has 1 aliphatic heterocycles. The molecule has 1 heterocycles. The van der Waals surface area contributed by atoms with Crippen LogP contribution in [0.3, 0.4) is 0 Å². The van der Waals surface area contributed by atoms with Crippen molar-refractivity contribution >= 4 is 21.8 Å². The standard InChI is InChI=1S/C22H22F3NO6S/c23-22(24,25)18-3-1-2-17(14-18)20(27)15-32-21(28)9-6-16-4-7-19(8-5-16)33(29,30)26-10-12-31-13-11-26/h1-5,7-8,14H,6,9-13,15H2. The molecule has 11 heteroatoms. The summed E-state index contributed by atoms with van der Waals surface area (Å²) in [4.78, 5) is 24.1. The van der Waals surface area contributed by atoms with E-state index in [2.05, 4.69) is 0 Å². The van der Waals surface area contributed by atoms with Gasteiger partial charge in [0.15, 0.2) is 12.4 Å². The number of morpholine rings is 1. The van der Waals surface area contributed by atoms with Crippen molar-refractivity contribution in [3.05, 3.63) is 65.2 Å². The van der Waals surface area contributed by atoms with Crippen LogP contribution in [0.5, 0.6) is 0 Å². The number of alkyl halides is 3. The van der Waals surface area contributed by atoms with E-state index in [0.29, 0.717) is 24.8 Å². The molecule has 3 rings (SSSR count). The third kappa shape index (κ3) is 6.62. The maximum atomic E-state index is 12.8. The first-order chi connectivity index (χ1) is 15.6. The van der Waals surface area contributed by atoms with Crippen molar-refractivity contribution < 1.29 is 40.7 Å². The number of ketones is 1. The molecule has 0 aliphatic carbocycles. The van der Waals surface area contributed by atoms with E-state index in [4.69, 9.17) is 9.47 Å². The van der Waals surface area contributed by atoms with Crippen LogP contribution in [0.15, 0.2) is 53.4 Å². The number of nitrogens with zero attached hydrogens (tertiary/aromatic N) is 1. The molecular formula is C22H22F3NO6S.